The van der Waals surface area contributed by atoms with E-state index in [0.29, 0.717) is 13.2 Å². The molecule has 0 rings (SSSR count). The molecule has 0 aliphatic carbocycles. The van der Waals surface area contributed by atoms with Crippen molar-refractivity contribution in [1.82, 2.24) is 0 Å². The van der Waals surface area contributed by atoms with Crippen LogP contribution in [0.3, 0.4) is 0 Å². The lowest BCUT2D eigenvalue weighted by Gasteiger charge is -2.09. The normalized spacial score (nSPS) is 13.1. The molecule has 14 heavy (non-hydrogen) atoms. The summed E-state index contributed by atoms with van der Waals surface area (Å²) in [5, 5.41) is 0. The van der Waals surface area contributed by atoms with E-state index in [1.54, 1.807) is 0 Å². The summed E-state index contributed by atoms with van der Waals surface area (Å²) in [7, 11) is 0. The molecule has 4 N–H and O–H groups in total. The molecule has 0 fully saturated rings. The second-order valence-electron chi connectivity index (χ2n) is 3.39. The molecule has 0 aromatic rings. The quantitative estimate of drug-likeness (QED) is 0.508. The summed E-state index contributed by atoms with van der Waals surface area (Å²) < 4.78 is 10.7. The molecule has 0 spiro atoms. The zero-order valence-corrected chi connectivity index (χ0v) is 9.21. The van der Waals surface area contributed by atoms with Crippen molar-refractivity contribution in [2.45, 2.75) is 32.2 Å². The Bertz CT molecular complexity index is 112. The summed E-state index contributed by atoms with van der Waals surface area (Å²) in [5.74, 6) is 0. The van der Waals surface area contributed by atoms with Crippen LogP contribution in [0.2, 0.25) is 0 Å². The number of nitrogens with two attached hydrogens (primary N) is 2. The molecule has 1 atom stereocenters. The molecule has 0 saturated carbocycles. The van der Waals surface area contributed by atoms with Crippen molar-refractivity contribution >= 4 is 0 Å². The predicted molar refractivity (Wildman–Crippen MR) is 58.2 cm³/mol. The number of rotatable bonds is 10. The average molecular weight is 204 g/mol. The Morgan fingerprint density at radius 2 is 1.71 bits per heavy atom. The van der Waals surface area contributed by atoms with Crippen molar-refractivity contribution < 1.29 is 9.47 Å². The summed E-state index contributed by atoms with van der Waals surface area (Å²) in [6, 6.07) is -0.0219. The maximum Gasteiger partial charge on any atom is 0.0629 e. The van der Waals surface area contributed by atoms with Crippen LogP contribution in [0, 0.1) is 0 Å². The first-order valence-corrected chi connectivity index (χ1v) is 5.42. The maximum atomic E-state index is 5.58. The van der Waals surface area contributed by atoms with Gasteiger partial charge in [-0.15, -0.1) is 0 Å². The van der Waals surface area contributed by atoms with Gasteiger partial charge in [-0.3, -0.25) is 0 Å². The highest BCUT2D eigenvalue weighted by Crippen LogP contribution is 1.92. The van der Waals surface area contributed by atoms with Crippen molar-refractivity contribution in [3.8, 4) is 0 Å². The molecule has 0 heterocycles. The molecule has 0 aliphatic heterocycles. The van der Waals surface area contributed by atoms with Gasteiger partial charge in [0.05, 0.1) is 6.61 Å². The number of hydrogen-bond donors (Lipinski definition) is 2. The van der Waals surface area contributed by atoms with Gasteiger partial charge in [-0.25, -0.2) is 0 Å². The van der Waals surface area contributed by atoms with Gasteiger partial charge < -0.3 is 20.9 Å². The van der Waals surface area contributed by atoms with E-state index < -0.39 is 0 Å². The monoisotopic (exact) mass is 204 g/mol. The van der Waals surface area contributed by atoms with Crippen LogP contribution in [0.5, 0.6) is 0 Å². The van der Waals surface area contributed by atoms with Gasteiger partial charge in [0.15, 0.2) is 0 Å². The van der Waals surface area contributed by atoms with Crippen LogP contribution in [0.25, 0.3) is 0 Å². The van der Waals surface area contributed by atoms with Gasteiger partial charge in [0, 0.05) is 32.4 Å². The lowest BCUT2D eigenvalue weighted by atomic mass is 10.3. The van der Waals surface area contributed by atoms with Gasteiger partial charge in [-0.05, 0) is 19.3 Å². The Balaban J connectivity index is 2.92. The second-order valence-corrected chi connectivity index (χ2v) is 3.39. The van der Waals surface area contributed by atoms with E-state index in [2.05, 4.69) is 6.92 Å². The molecule has 0 aliphatic rings. The summed E-state index contributed by atoms with van der Waals surface area (Å²) in [5.41, 5.74) is 10.9. The molecule has 4 heteroatoms. The Morgan fingerprint density at radius 3 is 2.29 bits per heavy atom. The molecule has 0 aromatic heterocycles. The highest BCUT2D eigenvalue weighted by Gasteiger charge is 1.98. The fourth-order valence-corrected chi connectivity index (χ4v) is 0.957. The van der Waals surface area contributed by atoms with E-state index in [1.165, 1.54) is 0 Å². The first-order valence-electron chi connectivity index (χ1n) is 5.42. The van der Waals surface area contributed by atoms with Crippen LogP contribution in [0.4, 0.5) is 0 Å². The van der Waals surface area contributed by atoms with E-state index >= 15 is 0 Å². The largest absolute Gasteiger partial charge is 0.381 e. The van der Waals surface area contributed by atoms with Crippen molar-refractivity contribution in [2.75, 3.05) is 33.0 Å². The first-order chi connectivity index (χ1) is 6.81. The second kappa shape index (κ2) is 10.9. The van der Waals surface area contributed by atoms with Crippen LogP contribution >= 0.6 is 0 Å². The molecule has 0 bridgehead atoms. The molecule has 0 aromatic carbocycles. The van der Waals surface area contributed by atoms with Gasteiger partial charge in [0.1, 0.15) is 0 Å². The summed E-state index contributed by atoms with van der Waals surface area (Å²) in [4.78, 5) is 0. The maximum absolute atomic E-state index is 5.58. The van der Waals surface area contributed by atoms with Gasteiger partial charge in [-0.2, -0.15) is 0 Å². The van der Waals surface area contributed by atoms with E-state index in [9.17, 15) is 0 Å². The van der Waals surface area contributed by atoms with Gasteiger partial charge in [-0.1, -0.05) is 6.92 Å². The van der Waals surface area contributed by atoms with Crippen LogP contribution < -0.4 is 11.5 Å². The van der Waals surface area contributed by atoms with E-state index in [1.807, 2.05) is 0 Å². The molecule has 0 radical (unpaired) electrons. The van der Waals surface area contributed by atoms with Crippen LogP contribution in [0.1, 0.15) is 26.2 Å². The standard InChI is InChI=1S/C10H24N2O2/c1-2-5-13-6-3-4-7-14-9-10(12)8-11/h10H,2-9,11-12H2,1H3. The first kappa shape index (κ1) is 13.8. The molecule has 86 valence electrons. The minimum absolute atomic E-state index is 0.0219. The lowest BCUT2D eigenvalue weighted by Crippen LogP contribution is -2.34. The minimum atomic E-state index is -0.0219. The van der Waals surface area contributed by atoms with E-state index in [-0.39, 0.29) is 6.04 Å². The zero-order valence-electron chi connectivity index (χ0n) is 9.21. The third-order valence-corrected chi connectivity index (χ3v) is 1.81. The Kier molecular flexibility index (Phi) is 10.8. The van der Waals surface area contributed by atoms with E-state index in [4.69, 9.17) is 20.9 Å². The summed E-state index contributed by atoms with van der Waals surface area (Å²) in [6.07, 6.45) is 3.17. The molecular formula is C10H24N2O2. The SMILES string of the molecule is CCCOCCCCOCC(N)CN. The average Bonchev–Trinajstić information content (AvgIpc) is 2.21. The van der Waals surface area contributed by atoms with Crippen molar-refractivity contribution in [1.29, 1.82) is 0 Å². The van der Waals surface area contributed by atoms with Crippen molar-refractivity contribution in [3.05, 3.63) is 0 Å². The Morgan fingerprint density at radius 1 is 1.07 bits per heavy atom. The van der Waals surface area contributed by atoms with Crippen LogP contribution in [0.15, 0.2) is 0 Å². The molecular weight excluding hydrogens is 180 g/mol. The topological polar surface area (TPSA) is 70.5 Å². The van der Waals surface area contributed by atoms with Crippen LogP contribution in [-0.4, -0.2) is 39.0 Å². The number of unbranched alkanes of at least 4 members (excludes halogenated alkanes) is 1. The predicted octanol–water partition coefficient (Wildman–Crippen LogP) is 0.496. The fraction of sp³-hybridized carbons (Fsp3) is 1.00. The molecule has 0 saturated heterocycles. The summed E-state index contributed by atoms with van der Waals surface area (Å²) in [6.45, 7) is 5.60. The molecule has 0 amide bonds. The zero-order chi connectivity index (χ0) is 10.6. The number of hydrogen-bond acceptors (Lipinski definition) is 4. The Hall–Kier alpha value is -0.160. The van der Waals surface area contributed by atoms with Gasteiger partial charge in [0.2, 0.25) is 0 Å². The van der Waals surface area contributed by atoms with Crippen molar-refractivity contribution in [2.24, 2.45) is 11.5 Å². The third-order valence-electron chi connectivity index (χ3n) is 1.81. The Labute approximate surface area is 86.9 Å². The minimum Gasteiger partial charge on any atom is -0.381 e. The highest BCUT2D eigenvalue weighted by molar-refractivity contribution is 4.58. The molecule has 1 unspecified atom stereocenters. The summed E-state index contributed by atoms with van der Waals surface area (Å²) >= 11 is 0. The van der Waals surface area contributed by atoms with E-state index in [0.717, 1.165) is 39.1 Å². The smallest absolute Gasteiger partial charge is 0.0629 e. The molecule has 4 nitrogen and oxygen atoms in total. The van der Waals surface area contributed by atoms with Gasteiger partial charge in [0.25, 0.3) is 0 Å². The van der Waals surface area contributed by atoms with Gasteiger partial charge >= 0.3 is 0 Å². The lowest BCUT2D eigenvalue weighted by molar-refractivity contribution is 0.0974. The van der Waals surface area contributed by atoms with Crippen molar-refractivity contribution in [3.63, 3.8) is 0 Å². The highest BCUT2D eigenvalue weighted by atomic mass is 16.5. The number of ether oxygens (including phenoxy) is 2. The van der Waals surface area contributed by atoms with Crippen LogP contribution in [-0.2, 0) is 9.47 Å². The fourth-order valence-electron chi connectivity index (χ4n) is 0.957. The third kappa shape index (κ3) is 9.92.